The first kappa shape index (κ1) is 11.8. The average molecular weight is 233 g/mol. The summed E-state index contributed by atoms with van der Waals surface area (Å²) in [4.78, 5) is 4.24. The molecule has 0 aliphatic carbocycles. The molecule has 3 nitrogen and oxygen atoms in total. The van der Waals surface area contributed by atoms with Gasteiger partial charge in [-0.3, -0.25) is 0 Å². The molecule has 2 aromatic rings. The number of hydrogen-bond donors (Lipinski definition) is 1. The number of rotatable bonds is 3. The maximum Gasteiger partial charge on any atom is 0.123 e. The van der Waals surface area contributed by atoms with Crippen LogP contribution in [0.2, 0.25) is 0 Å². The maximum atomic E-state index is 13.0. The summed E-state index contributed by atoms with van der Waals surface area (Å²) in [6.07, 6.45) is 4.29. The van der Waals surface area contributed by atoms with Crippen molar-refractivity contribution in [2.75, 3.05) is 0 Å². The molecule has 1 aromatic carbocycles. The summed E-state index contributed by atoms with van der Waals surface area (Å²) in [5, 5.41) is 0. The van der Waals surface area contributed by atoms with Gasteiger partial charge in [0.25, 0.3) is 0 Å². The lowest BCUT2D eigenvalue weighted by Gasteiger charge is -2.14. The smallest absolute Gasteiger partial charge is 0.123 e. The number of aromatic nitrogens is 2. The first-order valence-corrected chi connectivity index (χ1v) is 5.55. The number of imidazole rings is 1. The zero-order chi connectivity index (χ0) is 12.4. The van der Waals surface area contributed by atoms with Crippen LogP contribution in [0.3, 0.4) is 0 Å². The third kappa shape index (κ3) is 2.53. The van der Waals surface area contributed by atoms with E-state index in [-0.39, 0.29) is 11.9 Å². The predicted octanol–water partition coefficient (Wildman–Crippen LogP) is 2.11. The fraction of sp³-hybridized carbons (Fsp3) is 0.308. The molecule has 0 amide bonds. The van der Waals surface area contributed by atoms with Gasteiger partial charge in [-0.2, -0.15) is 0 Å². The number of hydrogen-bond acceptors (Lipinski definition) is 2. The molecule has 1 heterocycles. The van der Waals surface area contributed by atoms with Gasteiger partial charge in [0.15, 0.2) is 0 Å². The monoisotopic (exact) mass is 233 g/mol. The Kier molecular flexibility index (Phi) is 3.24. The summed E-state index contributed by atoms with van der Waals surface area (Å²) in [6, 6.07) is 4.55. The van der Waals surface area contributed by atoms with Gasteiger partial charge in [0.2, 0.25) is 0 Å². The Labute approximate surface area is 100 Å². The fourth-order valence-electron chi connectivity index (χ4n) is 1.95. The molecule has 17 heavy (non-hydrogen) atoms. The highest BCUT2D eigenvalue weighted by molar-refractivity contribution is 5.29. The quantitative estimate of drug-likeness (QED) is 0.882. The lowest BCUT2D eigenvalue weighted by molar-refractivity contribution is 0.618. The van der Waals surface area contributed by atoms with Crippen molar-refractivity contribution in [1.29, 1.82) is 0 Å². The number of nitrogens with zero attached hydrogens (tertiary/aromatic N) is 2. The van der Waals surface area contributed by atoms with Gasteiger partial charge in [0, 0.05) is 31.9 Å². The van der Waals surface area contributed by atoms with Gasteiger partial charge in [-0.15, -0.1) is 0 Å². The number of benzene rings is 1. The molecule has 0 bridgehead atoms. The molecule has 0 aliphatic heterocycles. The van der Waals surface area contributed by atoms with Gasteiger partial charge in [-0.1, -0.05) is 6.07 Å². The van der Waals surface area contributed by atoms with Crippen LogP contribution >= 0.6 is 0 Å². The predicted molar refractivity (Wildman–Crippen MR) is 65.0 cm³/mol. The van der Waals surface area contributed by atoms with Crippen molar-refractivity contribution in [3.8, 4) is 0 Å². The van der Waals surface area contributed by atoms with E-state index in [1.54, 1.807) is 12.3 Å². The van der Waals surface area contributed by atoms with Crippen LogP contribution in [0.1, 0.15) is 23.0 Å². The van der Waals surface area contributed by atoms with Crippen molar-refractivity contribution in [2.24, 2.45) is 12.8 Å². The minimum atomic E-state index is -0.226. The van der Waals surface area contributed by atoms with E-state index in [0.29, 0.717) is 6.42 Å². The maximum absolute atomic E-state index is 13.0. The molecule has 0 saturated carbocycles. The first-order valence-electron chi connectivity index (χ1n) is 5.55. The molecule has 0 saturated heterocycles. The Morgan fingerprint density at radius 1 is 1.47 bits per heavy atom. The SMILES string of the molecule is Cc1cc(F)ccc1C(N)Cc1nccn1C. The molecule has 0 aliphatic rings. The number of halogens is 1. The Morgan fingerprint density at radius 2 is 2.24 bits per heavy atom. The van der Waals surface area contributed by atoms with E-state index < -0.39 is 0 Å². The standard InChI is InChI=1S/C13H16FN3/c1-9-7-10(14)3-4-11(9)12(15)8-13-16-5-6-17(13)2/h3-7,12H,8,15H2,1-2H3. The molecule has 2 rings (SSSR count). The largest absolute Gasteiger partial charge is 0.338 e. The van der Waals surface area contributed by atoms with Gasteiger partial charge in [0.1, 0.15) is 11.6 Å². The first-order chi connectivity index (χ1) is 8.08. The molecule has 0 spiro atoms. The van der Waals surface area contributed by atoms with Gasteiger partial charge in [-0.05, 0) is 30.2 Å². The summed E-state index contributed by atoms with van der Waals surface area (Å²) in [5.41, 5.74) is 7.98. The number of aryl methyl sites for hydroxylation is 2. The van der Waals surface area contributed by atoms with Gasteiger partial charge >= 0.3 is 0 Å². The molecular formula is C13H16FN3. The fourth-order valence-corrected chi connectivity index (χ4v) is 1.95. The zero-order valence-corrected chi connectivity index (χ0v) is 10.0. The minimum Gasteiger partial charge on any atom is -0.338 e. The summed E-state index contributed by atoms with van der Waals surface area (Å²) in [5.74, 6) is 0.705. The van der Waals surface area contributed by atoms with E-state index in [4.69, 9.17) is 5.73 Å². The second kappa shape index (κ2) is 4.67. The second-order valence-corrected chi connectivity index (χ2v) is 4.27. The average Bonchev–Trinajstić information content (AvgIpc) is 2.64. The van der Waals surface area contributed by atoms with Crippen molar-refractivity contribution in [3.63, 3.8) is 0 Å². The summed E-state index contributed by atoms with van der Waals surface area (Å²) >= 11 is 0. The van der Waals surface area contributed by atoms with Crippen LogP contribution in [0.25, 0.3) is 0 Å². The van der Waals surface area contributed by atoms with Gasteiger partial charge < -0.3 is 10.3 Å². The topological polar surface area (TPSA) is 43.8 Å². The Balaban J connectivity index is 2.20. The molecular weight excluding hydrogens is 217 g/mol. The van der Waals surface area contributed by atoms with Crippen LogP contribution in [-0.4, -0.2) is 9.55 Å². The normalized spacial score (nSPS) is 12.7. The Hall–Kier alpha value is -1.68. The third-order valence-corrected chi connectivity index (χ3v) is 2.95. The van der Waals surface area contributed by atoms with Crippen molar-refractivity contribution in [3.05, 3.63) is 53.4 Å². The molecule has 2 N–H and O–H groups in total. The van der Waals surface area contributed by atoms with E-state index >= 15 is 0 Å². The highest BCUT2D eigenvalue weighted by Gasteiger charge is 2.12. The molecule has 4 heteroatoms. The Bertz CT molecular complexity index is 519. The Morgan fingerprint density at radius 3 is 2.82 bits per heavy atom. The summed E-state index contributed by atoms with van der Waals surface area (Å²) < 4.78 is 14.9. The van der Waals surface area contributed by atoms with Gasteiger partial charge in [0.05, 0.1) is 0 Å². The van der Waals surface area contributed by atoms with E-state index in [0.717, 1.165) is 17.0 Å². The zero-order valence-electron chi connectivity index (χ0n) is 10.0. The summed E-state index contributed by atoms with van der Waals surface area (Å²) in [7, 11) is 1.94. The van der Waals surface area contributed by atoms with Crippen molar-refractivity contribution >= 4 is 0 Å². The van der Waals surface area contributed by atoms with E-state index in [1.165, 1.54) is 12.1 Å². The van der Waals surface area contributed by atoms with E-state index in [2.05, 4.69) is 4.98 Å². The van der Waals surface area contributed by atoms with Gasteiger partial charge in [-0.25, -0.2) is 9.37 Å². The molecule has 1 atom stereocenters. The third-order valence-electron chi connectivity index (χ3n) is 2.95. The van der Waals surface area contributed by atoms with Crippen LogP contribution in [0.15, 0.2) is 30.6 Å². The highest BCUT2D eigenvalue weighted by atomic mass is 19.1. The van der Waals surface area contributed by atoms with E-state index in [9.17, 15) is 4.39 Å². The molecule has 0 fully saturated rings. The van der Waals surface area contributed by atoms with E-state index in [1.807, 2.05) is 24.7 Å². The van der Waals surface area contributed by atoms with Crippen LogP contribution in [0, 0.1) is 12.7 Å². The number of nitrogens with two attached hydrogens (primary N) is 1. The van der Waals surface area contributed by atoms with Crippen LogP contribution in [-0.2, 0) is 13.5 Å². The molecule has 1 aromatic heterocycles. The van der Waals surface area contributed by atoms with Crippen LogP contribution in [0.5, 0.6) is 0 Å². The highest BCUT2D eigenvalue weighted by Crippen LogP contribution is 2.19. The van der Waals surface area contributed by atoms with Crippen molar-refractivity contribution in [2.45, 2.75) is 19.4 Å². The lowest BCUT2D eigenvalue weighted by atomic mass is 9.99. The van der Waals surface area contributed by atoms with Crippen molar-refractivity contribution in [1.82, 2.24) is 9.55 Å². The summed E-state index contributed by atoms with van der Waals surface area (Å²) in [6.45, 7) is 1.87. The van der Waals surface area contributed by atoms with Crippen LogP contribution < -0.4 is 5.73 Å². The molecule has 0 radical (unpaired) electrons. The van der Waals surface area contributed by atoms with Crippen molar-refractivity contribution < 1.29 is 4.39 Å². The van der Waals surface area contributed by atoms with Crippen LogP contribution in [0.4, 0.5) is 4.39 Å². The minimum absolute atomic E-state index is 0.156. The molecule has 90 valence electrons. The second-order valence-electron chi connectivity index (χ2n) is 4.27. The lowest BCUT2D eigenvalue weighted by Crippen LogP contribution is -2.17. The molecule has 1 unspecified atom stereocenters.